The van der Waals surface area contributed by atoms with Gasteiger partial charge in [0.2, 0.25) is 0 Å². The number of anilines is 2. The molecule has 6 heteroatoms. The van der Waals surface area contributed by atoms with Crippen LogP contribution < -0.4 is 15.0 Å². The van der Waals surface area contributed by atoms with Crippen molar-refractivity contribution in [3.63, 3.8) is 0 Å². The minimum atomic E-state index is -0.172. The summed E-state index contributed by atoms with van der Waals surface area (Å²) in [6.45, 7) is 6.58. The lowest BCUT2D eigenvalue weighted by Gasteiger charge is -2.30. The number of nitrogens with zero attached hydrogens (tertiary/aromatic N) is 3. The molecular formula is C26H26N4O2. The predicted molar refractivity (Wildman–Crippen MR) is 127 cm³/mol. The Balaban J connectivity index is 1.24. The fourth-order valence-electron chi connectivity index (χ4n) is 4.21. The van der Waals surface area contributed by atoms with Gasteiger partial charge in [-0.3, -0.25) is 4.79 Å². The number of imidazole rings is 1. The Bertz CT molecular complexity index is 1290. The molecule has 1 aromatic heterocycles. The molecule has 3 aromatic carbocycles. The lowest BCUT2D eigenvalue weighted by Crippen LogP contribution is -2.33. The van der Waals surface area contributed by atoms with E-state index in [4.69, 9.17) is 9.72 Å². The molecule has 0 fully saturated rings. The second kappa shape index (κ2) is 8.38. The Labute approximate surface area is 187 Å². The summed E-state index contributed by atoms with van der Waals surface area (Å²) in [6.07, 6.45) is 0. The molecule has 5 rings (SSSR count). The van der Waals surface area contributed by atoms with Crippen molar-refractivity contribution >= 4 is 28.3 Å². The van der Waals surface area contributed by atoms with E-state index in [1.165, 1.54) is 5.52 Å². The number of fused-ring (bicyclic) bond motifs is 3. The smallest absolute Gasteiger partial charge is 0.262 e. The first kappa shape index (κ1) is 20.1. The third-order valence-corrected chi connectivity index (χ3v) is 5.87. The van der Waals surface area contributed by atoms with Gasteiger partial charge in [-0.2, -0.15) is 0 Å². The summed E-state index contributed by atoms with van der Waals surface area (Å²) >= 11 is 0. The highest BCUT2D eigenvalue weighted by molar-refractivity contribution is 5.93. The molecule has 1 aliphatic rings. The van der Waals surface area contributed by atoms with Crippen LogP contribution in [0.3, 0.4) is 0 Å². The molecule has 0 atom stereocenters. The molecular weight excluding hydrogens is 400 g/mol. The van der Waals surface area contributed by atoms with Crippen molar-refractivity contribution in [2.75, 3.05) is 23.4 Å². The topological polar surface area (TPSA) is 59.4 Å². The molecule has 1 amide bonds. The van der Waals surface area contributed by atoms with Crippen LogP contribution in [-0.2, 0) is 17.9 Å². The fourth-order valence-corrected chi connectivity index (χ4v) is 4.21. The number of aromatic nitrogens is 2. The fraction of sp³-hybridized carbons (Fsp3) is 0.231. The number of aryl methyl sites for hydroxylation is 2. The predicted octanol–water partition coefficient (Wildman–Crippen LogP) is 4.69. The highest BCUT2D eigenvalue weighted by Crippen LogP contribution is 2.27. The molecule has 1 aliphatic heterocycles. The van der Waals surface area contributed by atoms with Gasteiger partial charge in [-0.05, 0) is 67.4 Å². The highest BCUT2D eigenvalue weighted by atomic mass is 16.5. The van der Waals surface area contributed by atoms with E-state index in [-0.39, 0.29) is 12.5 Å². The van der Waals surface area contributed by atoms with E-state index in [9.17, 15) is 4.79 Å². The van der Waals surface area contributed by atoms with Gasteiger partial charge in [-0.15, -0.1) is 0 Å². The minimum absolute atomic E-state index is 0.0208. The number of nitrogens with one attached hydrogen (secondary N) is 1. The molecule has 2 heterocycles. The molecule has 6 nitrogen and oxygen atoms in total. The molecule has 0 spiro atoms. The number of benzene rings is 3. The average molecular weight is 427 g/mol. The summed E-state index contributed by atoms with van der Waals surface area (Å²) in [6, 6.07) is 22.1. The lowest BCUT2D eigenvalue weighted by molar-refractivity contribution is -0.118. The van der Waals surface area contributed by atoms with Crippen molar-refractivity contribution in [1.82, 2.24) is 9.55 Å². The Morgan fingerprint density at radius 1 is 1.03 bits per heavy atom. The number of para-hydroxylation sites is 2. The maximum absolute atomic E-state index is 12.4. The van der Waals surface area contributed by atoms with Gasteiger partial charge in [0, 0.05) is 24.5 Å². The van der Waals surface area contributed by atoms with Gasteiger partial charge < -0.3 is 19.5 Å². The molecule has 0 radical (unpaired) electrons. The van der Waals surface area contributed by atoms with Crippen molar-refractivity contribution in [1.29, 1.82) is 0 Å². The van der Waals surface area contributed by atoms with E-state index in [0.29, 0.717) is 5.75 Å². The van der Waals surface area contributed by atoms with Crippen LogP contribution in [0, 0.1) is 13.8 Å². The first-order valence-corrected chi connectivity index (χ1v) is 10.9. The van der Waals surface area contributed by atoms with Gasteiger partial charge in [0.25, 0.3) is 5.91 Å². The summed E-state index contributed by atoms with van der Waals surface area (Å²) in [4.78, 5) is 19.5. The van der Waals surface area contributed by atoms with Crippen LogP contribution in [0.25, 0.3) is 11.0 Å². The number of carbonyl (C=O) groups excluding carboxylic acids is 1. The zero-order chi connectivity index (χ0) is 22.1. The van der Waals surface area contributed by atoms with Crippen LogP contribution in [0.2, 0.25) is 0 Å². The normalized spacial score (nSPS) is 13.1. The summed E-state index contributed by atoms with van der Waals surface area (Å²) < 4.78 is 7.92. The van der Waals surface area contributed by atoms with Crippen LogP contribution in [0.15, 0.2) is 66.7 Å². The van der Waals surface area contributed by atoms with Crippen LogP contribution >= 0.6 is 0 Å². The number of carbonyl (C=O) groups is 1. The third kappa shape index (κ3) is 4.04. The molecule has 0 saturated heterocycles. The Kier molecular flexibility index (Phi) is 5.27. The van der Waals surface area contributed by atoms with Crippen molar-refractivity contribution < 1.29 is 9.53 Å². The lowest BCUT2D eigenvalue weighted by atomic mass is 10.1. The van der Waals surface area contributed by atoms with Crippen LogP contribution in [0.5, 0.6) is 5.75 Å². The van der Waals surface area contributed by atoms with Crippen molar-refractivity contribution in [3.8, 4) is 5.75 Å². The Hall–Kier alpha value is -3.80. The SMILES string of the molecule is Cc1cccc(OCC(=O)Nc2ccc(N3CCn4c(nc5ccccc54)C3)cc2C)c1. The van der Waals surface area contributed by atoms with E-state index in [1.807, 2.05) is 50.2 Å². The van der Waals surface area contributed by atoms with E-state index in [1.54, 1.807) is 0 Å². The van der Waals surface area contributed by atoms with Crippen LogP contribution in [0.1, 0.15) is 17.0 Å². The zero-order valence-electron chi connectivity index (χ0n) is 18.3. The number of hydrogen-bond acceptors (Lipinski definition) is 4. The largest absolute Gasteiger partial charge is 0.484 e. The highest BCUT2D eigenvalue weighted by Gasteiger charge is 2.20. The summed E-state index contributed by atoms with van der Waals surface area (Å²) in [5, 5.41) is 2.96. The van der Waals surface area contributed by atoms with Gasteiger partial charge in [0.1, 0.15) is 11.6 Å². The molecule has 32 heavy (non-hydrogen) atoms. The second-order valence-corrected chi connectivity index (χ2v) is 8.24. The maximum Gasteiger partial charge on any atom is 0.262 e. The van der Waals surface area contributed by atoms with E-state index in [2.05, 4.69) is 45.1 Å². The average Bonchev–Trinajstić information content (AvgIpc) is 3.17. The van der Waals surface area contributed by atoms with E-state index < -0.39 is 0 Å². The molecule has 1 N–H and O–H groups in total. The van der Waals surface area contributed by atoms with E-state index in [0.717, 1.165) is 53.5 Å². The Morgan fingerprint density at radius 3 is 2.75 bits per heavy atom. The standard InChI is InChI=1S/C26H26N4O2/c1-18-6-5-7-21(14-18)32-17-26(31)28-22-11-10-20(15-19(22)2)29-12-13-30-24-9-4-3-8-23(24)27-25(30)16-29/h3-11,14-15H,12-13,16-17H2,1-2H3,(H,28,31). The molecule has 0 unspecified atom stereocenters. The quantitative estimate of drug-likeness (QED) is 0.503. The van der Waals surface area contributed by atoms with Crippen LogP contribution in [0.4, 0.5) is 11.4 Å². The molecule has 0 saturated carbocycles. The molecule has 0 bridgehead atoms. The zero-order valence-corrected chi connectivity index (χ0v) is 18.3. The number of rotatable bonds is 5. The molecule has 162 valence electrons. The maximum atomic E-state index is 12.4. The van der Waals surface area contributed by atoms with Crippen LogP contribution in [-0.4, -0.2) is 28.6 Å². The van der Waals surface area contributed by atoms with Gasteiger partial charge in [0.15, 0.2) is 6.61 Å². The van der Waals surface area contributed by atoms with Gasteiger partial charge in [0.05, 0.1) is 17.6 Å². The van der Waals surface area contributed by atoms with Crippen molar-refractivity contribution in [3.05, 3.63) is 83.7 Å². The van der Waals surface area contributed by atoms with Gasteiger partial charge in [-0.25, -0.2) is 4.98 Å². The van der Waals surface area contributed by atoms with Crippen molar-refractivity contribution in [2.24, 2.45) is 0 Å². The number of hydrogen-bond donors (Lipinski definition) is 1. The second-order valence-electron chi connectivity index (χ2n) is 8.24. The third-order valence-electron chi connectivity index (χ3n) is 5.87. The summed E-state index contributed by atoms with van der Waals surface area (Å²) in [5.74, 6) is 1.61. The molecule has 0 aliphatic carbocycles. The van der Waals surface area contributed by atoms with E-state index >= 15 is 0 Å². The Morgan fingerprint density at radius 2 is 1.91 bits per heavy atom. The summed E-state index contributed by atoms with van der Waals surface area (Å²) in [7, 11) is 0. The first-order valence-electron chi connectivity index (χ1n) is 10.9. The number of ether oxygens (including phenoxy) is 1. The minimum Gasteiger partial charge on any atom is -0.484 e. The first-order chi connectivity index (χ1) is 15.6. The summed E-state index contributed by atoms with van der Waals surface area (Å²) in [5.41, 5.74) is 6.30. The monoisotopic (exact) mass is 426 g/mol. The number of amides is 1. The van der Waals surface area contributed by atoms with Gasteiger partial charge in [-0.1, -0.05) is 24.3 Å². The van der Waals surface area contributed by atoms with Crippen molar-refractivity contribution in [2.45, 2.75) is 26.9 Å². The molecule has 4 aromatic rings. The van der Waals surface area contributed by atoms with Gasteiger partial charge >= 0.3 is 0 Å².